The Labute approximate surface area is 104 Å². The van der Waals surface area contributed by atoms with E-state index in [2.05, 4.69) is 15.9 Å². The SMILES string of the molecule is CC.CC1(C)OC(=O)c2cccc(Br)c2O1. The number of hydrogen-bond donors (Lipinski definition) is 0. The zero-order valence-corrected chi connectivity index (χ0v) is 11.4. The molecule has 0 bridgehead atoms. The normalized spacial score (nSPS) is 16.2. The number of esters is 1. The molecule has 0 atom stereocenters. The molecule has 0 aromatic heterocycles. The first kappa shape index (κ1) is 13.0. The highest BCUT2D eigenvalue weighted by molar-refractivity contribution is 9.10. The minimum absolute atomic E-state index is 0.349. The van der Waals surface area contributed by atoms with E-state index in [9.17, 15) is 4.79 Å². The Morgan fingerprint density at radius 1 is 1.19 bits per heavy atom. The molecule has 0 unspecified atom stereocenters. The van der Waals surface area contributed by atoms with E-state index in [-0.39, 0.29) is 5.97 Å². The Kier molecular flexibility index (Phi) is 3.97. The van der Waals surface area contributed by atoms with Gasteiger partial charge in [-0.25, -0.2) is 4.79 Å². The van der Waals surface area contributed by atoms with Crippen molar-refractivity contribution in [3.63, 3.8) is 0 Å². The van der Waals surface area contributed by atoms with E-state index >= 15 is 0 Å². The van der Waals surface area contributed by atoms with Crippen LogP contribution in [0.1, 0.15) is 38.1 Å². The fourth-order valence-electron chi connectivity index (χ4n) is 1.32. The van der Waals surface area contributed by atoms with Crippen molar-refractivity contribution in [1.82, 2.24) is 0 Å². The highest BCUT2D eigenvalue weighted by atomic mass is 79.9. The summed E-state index contributed by atoms with van der Waals surface area (Å²) in [5.41, 5.74) is 0.457. The molecule has 1 aromatic carbocycles. The van der Waals surface area contributed by atoms with Crippen molar-refractivity contribution in [2.75, 3.05) is 0 Å². The van der Waals surface area contributed by atoms with Crippen LogP contribution in [0.4, 0.5) is 0 Å². The van der Waals surface area contributed by atoms with Gasteiger partial charge in [0, 0.05) is 13.8 Å². The minimum atomic E-state index is -0.895. The Bertz CT molecular complexity index is 399. The van der Waals surface area contributed by atoms with Gasteiger partial charge in [0.25, 0.3) is 0 Å². The van der Waals surface area contributed by atoms with Crippen LogP contribution in [-0.4, -0.2) is 11.8 Å². The van der Waals surface area contributed by atoms with Crippen LogP contribution in [-0.2, 0) is 4.74 Å². The zero-order chi connectivity index (χ0) is 12.3. The maximum atomic E-state index is 11.5. The van der Waals surface area contributed by atoms with Crippen LogP contribution in [0.5, 0.6) is 5.75 Å². The van der Waals surface area contributed by atoms with Crippen LogP contribution in [0.2, 0.25) is 0 Å². The van der Waals surface area contributed by atoms with Crippen molar-refractivity contribution in [3.05, 3.63) is 28.2 Å². The van der Waals surface area contributed by atoms with Gasteiger partial charge in [0.2, 0.25) is 5.79 Å². The molecule has 0 radical (unpaired) electrons. The van der Waals surface area contributed by atoms with Crippen molar-refractivity contribution in [1.29, 1.82) is 0 Å². The van der Waals surface area contributed by atoms with Gasteiger partial charge in [0.1, 0.15) is 5.56 Å². The lowest BCUT2D eigenvalue weighted by Gasteiger charge is -2.32. The molecule has 0 N–H and O–H groups in total. The lowest BCUT2D eigenvalue weighted by atomic mass is 10.1. The molecule has 4 heteroatoms. The molecule has 0 fully saturated rings. The van der Waals surface area contributed by atoms with Gasteiger partial charge >= 0.3 is 5.97 Å². The molecule has 1 heterocycles. The fourth-order valence-corrected chi connectivity index (χ4v) is 1.77. The van der Waals surface area contributed by atoms with Crippen molar-refractivity contribution in [2.45, 2.75) is 33.5 Å². The van der Waals surface area contributed by atoms with E-state index in [1.54, 1.807) is 26.0 Å². The van der Waals surface area contributed by atoms with Crippen LogP contribution in [0.3, 0.4) is 0 Å². The molecule has 0 spiro atoms. The van der Waals surface area contributed by atoms with Gasteiger partial charge in [-0.15, -0.1) is 0 Å². The van der Waals surface area contributed by atoms with E-state index in [1.807, 2.05) is 19.9 Å². The van der Waals surface area contributed by atoms with Crippen molar-refractivity contribution in [2.24, 2.45) is 0 Å². The van der Waals surface area contributed by atoms with E-state index in [0.717, 1.165) is 4.47 Å². The first-order chi connectivity index (χ1) is 7.49. The second-order valence-electron chi connectivity index (χ2n) is 3.51. The Morgan fingerprint density at radius 3 is 2.44 bits per heavy atom. The number of ether oxygens (including phenoxy) is 2. The topological polar surface area (TPSA) is 35.5 Å². The van der Waals surface area contributed by atoms with Gasteiger partial charge in [-0.3, -0.25) is 0 Å². The number of fused-ring (bicyclic) bond motifs is 1. The van der Waals surface area contributed by atoms with Crippen LogP contribution < -0.4 is 4.74 Å². The van der Waals surface area contributed by atoms with Gasteiger partial charge in [-0.05, 0) is 28.1 Å². The first-order valence-electron chi connectivity index (χ1n) is 5.20. The number of carbonyl (C=O) groups is 1. The van der Waals surface area contributed by atoms with Crippen molar-refractivity contribution < 1.29 is 14.3 Å². The average Bonchev–Trinajstić information content (AvgIpc) is 2.22. The summed E-state index contributed by atoms with van der Waals surface area (Å²) < 4.78 is 11.4. The summed E-state index contributed by atoms with van der Waals surface area (Å²) in [5.74, 6) is -0.695. The third-order valence-corrected chi connectivity index (χ3v) is 2.50. The van der Waals surface area contributed by atoms with Crippen molar-refractivity contribution >= 4 is 21.9 Å². The summed E-state index contributed by atoms with van der Waals surface area (Å²) in [7, 11) is 0. The molecule has 88 valence electrons. The van der Waals surface area contributed by atoms with E-state index in [1.165, 1.54) is 0 Å². The molecule has 1 aliphatic heterocycles. The number of halogens is 1. The largest absolute Gasteiger partial charge is 0.451 e. The fraction of sp³-hybridized carbons (Fsp3) is 0.417. The molecule has 3 nitrogen and oxygen atoms in total. The van der Waals surface area contributed by atoms with E-state index < -0.39 is 5.79 Å². The van der Waals surface area contributed by atoms with Crippen molar-refractivity contribution in [3.8, 4) is 5.75 Å². The Hall–Kier alpha value is -1.03. The molecule has 1 aliphatic rings. The molecule has 0 aliphatic carbocycles. The molecule has 2 rings (SSSR count). The van der Waals surface area contributed by atoms with Crippen LogP contribution in [0.25, 0.3) is 0 Å². The summed E-state index contributed by atoms with van der Waals surface area (Å²) in [6, 6.07) is 5.27. The summed E-state index contributed by atoms with van der Waals surface area (Å²) in [5, 5.41) is 0. The molecule has 0 saturated heterocycles. The van der Waals surface area contributed by atoms with Gasteiger partial charge in [0.05, 0.1) is 4.47 Å². The second kappa shape index (κ2) is 4.87. The number of carbonyl (C=O) groups excluding carboxylic acids is 1. The lowest BCUT2D eigenvalue weighted by molar-refractivity contribution is -0.127. The highest BCUT2D eigenvalue weighted by Crippen LogP contribution is 2.36. The molecule has 16 heavy (non-hydrogen) atoms. The molecular formula is C12H15BrO3. The molecule has 0 saturated carbocycles. The predicted octanol–water partition coefficient (Wildman–Crippen LogP) is 3.76. The molecular weight excluding hydrogens is 272 g/mol. The number of rotatable bonds is 0. The summed E-state index contributed by atoms with van der Waals surface area (Å²) >= 11 is 3.33. The van der Waals surface area contributed by atoms with E-state index in [0.29, 0.717) is 11.3 Å². The van der Waals surface area contributed by atoms with Crippen LogP contribution in [0, 0.1) is 0 Å². The summed E-state index contributed by atoms with van der Waals surface area (Å²) in [6.45, 7) is 7.40. The summed E-state index contributed by atoms with van der Waals surface area (Å²) in [4.78, 5) is 11.5. The maximum Gasteiger partial charge on any atom is 0.345 e. The lowest BCUT2D eigenvalue weighted by Crippen LogP contribution is -2.38. The van der Waals surface area contributed by atoms with Crippen LogP contribution >= 0.6 is 15.9 Å². The third kappa shape index (κ3) is 2.55. The number of hydrogen-bond acceptors (Lipinski definition) is 3. The smallest absolute Gasteiger partial charge is 0.345 e. The standard InChI is InChI=1S/C10H9BrO3.C2H6/c1-10(2)13-8-6(9(12)14-10)4-3-5-7(8)11;1-2/h3-5H,1-2H3;1-2H3. The maximum absolute atomic E-state index is 11.5. The minimum Gasteiger partial charge on any atom is -0.451 e. The van der Waals surface area contributed by atoms with Gasteiger partial charge in [0.15, 0.2) is 5.75 Å². The van der Waals surface area contributed by atoms with E-state index in [4.69, 9.17) is 9.47 Å². The number of benzene rings is 1. The van der Waals surface area contributed by atoms with Gasteiger partial charge in [-0.1, -0.05) is 19.9 Å². The number of cyclic esters (lactones) is 1. The quantitative estimate of drug-likeness (QED) is 0.681. The highest BCUT2D eigenvalue weighted by Gasteiger charge is 2.34. The number of para-hydroxylation sites is 1. The molecule has 0 amide bonds. The van der Waals surface area contributed by atoms with Gasteiger partial charge < -0.3 is 9.47 Å². The zero-order valence-electron chi connectivity index (χ0n) is 9.83. The Morgan fingerprint density at radius 2 is 1.81 bits per heavy atom. The summed E-state index contributed by atoms with van der Waals surface area (Å²) in [6.07, 6.45) is 0. The third-order valence-electron chi connectivity index (χ3n) is 1.87. The van der Waals surface area contributed by atoms with Crippen LogP contribution in [0.15, 0.2) is 22.7 Å². The monoisotopic (exact) mass is 286 g/mol. The average molecular weight is 287 g/mol. The van der Waals surface area contributed by atoms with Gasteiger partial charge in [-0.2, -0.15) is 0 Å². The molecule has 1 aromatic rings. The Balaban J connectivity index is 0.000000606. The second-order valence-corrected chi connectivity index (χ2v) is 4.36. The first-order valence-corrected chi connectivity index (χ1v) is 6.00. The predicted molar refractivity (Wildman–Crippen MR) is 65.6 cm³/mol.